The molecule has 2 aliphatic rings. The van der Waals surface area contributed by atoms with Crippen LogP contribution in [0.1, 0.15) is 25.7 Å². The zero-order valence-electron chi connectivity index (χ0n) is 10.9. The van der Waals surface area contributed by atoms with E-state index in [4.69, 9.17) is 4.74 Å². The maximum atomic E-state index is 5.22. The van der Waals surface area contributed by atoms with E-state index in [9.17, 15) is 0 Å². The molecule has 1 aromatic heterocycles. The highest BCUT2D eigenvalue weighted by atomic mass is 16.5. The van der Waals surface area contributed by atoms with Gasteiger partial charge in [0.2, 0.25) is 5.88 Å². The Morgan fingerprint density at radius 1 is 1.44 bits per heavy atom. The van der Waals surface area contributed by atoms with Gasteiger partial charge < -0.3 is 15.0 Å². The summed E-state index contributed by atoms with van der Waals surface area (Å²) in [6, 6.07) is 5.51. The minimum absolute atomic E-state index is 0.643. The summed E-state index contributed by atoms with van der Waals surface area (Å²) in [6.45, 7) is 2.28. The van der Waals surface area contributed by atoms with Crippen LogP contribution < -0.4 is 15.0 Å². The van der Waals surface area contributed by atoms with Crippen molar-refractivity contribution < 1.29 is 4.74 Å². The van der Waals surface area contributed by atoms with Gasteiger partial charge in [0.15, 0.2) is 0 Å². The van der Waals surface area contributed by atoms with Crippen LogP contribution in [-0.4, -0.2) is 37.3 Å². The average Bonchev–Trinajstić information content (AvgIpc) is 3.13. The molecule has 4 nitrogen and oxygen atoms in total. The first-order valence-electron chi connectivity index (χ1n) is 6.87. The SMILES string of the molecule is COc1cc(N(CC2CCCN2)C2CC2)ccn1. The Labute approximate surface area is 108 Å². The Morgan fingerprint density at radius 2 is 2.33 bits per heavy atom. The lowest BCUT2D eigenvalue weighted by Crippen LogP contribution is -2.38. The standard InChI is InChI=1S/C14H21N3O/c1-18-14-9-13(6-8-16-14)17(12-4-5-12)10-11-3-2-7-15-11/h6,8-9,11-12,15H,2-5,7,10H2,1H3. The van der Waals surface area contributed by atoms with Crippen molar-refractivity contribution >= 4 is 5.69 Å². The van der Waals surface area contributed by atoms with Gasteiger partial charge in [-0.25, -0.2) is 4.98 Å². The van der Waals surface area contributed by atoms with E-state index in [2.05, 4.69) is 21.3 Å². The van der Waals surface area contributed by atoms with Crippen LogP contribution in [0.2, 0.25) is 0 Å². The van der Waals surface area contributed by atoms with Crippen LogP contribution in [0.5, 0.6) is 5.88 Å². The second-order valence-electron chi connectivity index (χ2n) is 5.23. The molecule has 98 valence electrons. The highest BCUT2D eigenvalue weighted by Gasteiger charge is 2.31. The summed E-state index contributed by atoms with van der Waals surface area (Å²) in [5.41, 5.74) is 1.25. The minimum atomic E-state index is 0.643. The van der Waals surface area contributed by atoms with Crippen molar-refractivity contribution in [2.75, 3.05) is 25.1 Å². The van der Waals surface area contributed by atoms with Crippen LogP contribution in [0, 0.1) is 0 Å². The van der Waals surface area contributed by atoms with Crippen LogP contribution in [-0.2, 0) is 0 Å². The van der Waals surface area contributed by atoms with Crippen LogP contribution in [0.25, 0.3) is 0 Å². The first-order chi connectivity index (χ1) is 8.86. The van der Waals surface area contributed by atoms with Crippen molar-refractivity contribution in [1.29, 1.82) is 0 Å². The normalized spacial score (nSPS) is 23.1. The van der Waals surface area contributed by atoms with Crippen molar-refractivity contribution in [2.24, 2.45) is 0 Å². The lowest BCUT2D eigenvalue weighted by atomic mass is 10.2. The molecule has 1 saturated heterocycles. The fourth-order valence-corrected chi connectivity index (χ4v) is 2.69. The number of rotatable bonds is 5. The Balaban J connectivity index is 1.75. The number of pyridine rings is 1. The van der Waals surface area contributed by atoms with Gasteiger partial charge in [0.25, 0.3) is 0 Å². The molecule has 1 aromatic rings. The summed E-state index contributed by atoms with van der Waals surface area (Å²) in [5, 5.41) is 3.58. The molecule has 0 radical (unpaired) electrons. The van der Waals surface area contributed by atoms with Gasteiger partial charge in [-0.15, -0.1) is 0 Å². The van der Waals surface area contributed by atoms with E-state index in [1.807, 2.05) is 12.3 Å². The lowest BCUT2D eigenvalue weighted by Gasteiger charge is -2.28. The predicted octanol–water partition coefficient (Wildman–Crippen LogP) is 1.81. The van der Waals surface area contributed by atoms with Crippen molar-refractivity contribution in [3.63, 3.8) is 0 Å². The lowest BCUT2D eigenvalue weighted by molar-refractivity contribution is 0.397. The monoisotopic (exact) mass is 247 g/mol. The first-order valence-corrected chi connectivity index (χ1v) is 6.87. The summed E-state index contributed by atoms with van der Waals surface area (Å²) in [7, 11) is 1.67. The third-order valence-corrected chi connectivity index (χ3v) is 3.83. The predicted molar refractivity (Wildman–Crippen MR) is 72.2 cm³/mol. The summed E-state index contributed by atoms with van der Waals surface area (Å²) < 4.78 is 5.22. The van der Waals surface area contributed by atoms with E-state index in [-0.39, 0.29) is 0 Å². The third kappa shape index (κ3) is 2.58. The van der Waals surface area contributed by atoms with E-state index in [1.54, 1.807) is 7.11 Å². The number of nitrogens with zero attached hydrogens (tertiary/aromatic N) is 2. The van der Waals surface area contributed by atoms with Gasteiger partial charge in [0.1, 0.15) is 0 Å². The maximum Gasteiger partial charge on any atom is 0.214 e. The van der Waals surface area contributed by atoms with Gasteiger partial charge >= 0.3 is 0 Å². The molecule has 1 atom stereocenters. The number of hydrogen-bond acceptors (Lipinski definition) is 4. The maximum absolute atomic E-state index is 5.22. The molecule has 1 N–H and O–H groups in total. The molecule has 0 aromatic carbocycles. The largest absolute Gasteiger partial charge is 0.481 e. The second kappa shape index (κ2) is 5.14. The van der Waals surface area contributed by atoms with Gasteiger partial charge in [-0.1, -0.05) is 0 Å². The van der Waals surface area contributed by atoms with Gasteiger partial charge in [-0.05, 0) is 38.3 Å². The van der Waals surface area contributed by atoms with Gasteiger partial charge in [-0.3, -0.25) is 0 Å². The van der Waals surface area contributed by atoms with Crippen LogP contribution in [0.15, 0.2) is 18.3 Å². The molecule has 2 heterocycles. The molecule has 1 unspecified atom stereocenters. The minimum Gasteiger partial charge on any atom is -0.481 e. The summed E-state index contributed by atoms with van der Waals surface area (Å²) in [4.78, 5) is 6.71. The van der Waals surface area contributed by atoms with Crippen molar-refractivity contribution in [3.8, 4) is 5.88 Å². The quantitative estimate of drug-likeness (QED) is 0.861. The molecule has 3 rings (SSSR count). The van der Waals surface area contributed by atoms with E-state index in [1.165, 1.54) is 37.9 Å². The van der Waals surface area contributed by atoms with Gasteiger partial charge in [-0.2, -0.15) is 0 Å². The topological polar surface area (TPSA) is 37.4 Å². The Bertz CT molecular complexity index is 400. The summed E-state index contributed by atoms with van der Waals surface area (Å²) >= 11 is 0. The van der Waals surface area contributed by atoms with Crippen LogP contribution >= 0.6 is 0 Å². The van der Waals surface area contributed by atoms with E-state index in [0.29, 0.717) is 11.9 Å². The average molecular weight is 247 g/mol. The molecule has 0 bridgehead atoms. The number of methoxy groups -OCH3 is 1. The van der Waals surface area contributed by atoms with Crippen LogP contribution in [0.3, 0.4) is 0 Å². The van der Waals surface area contributed by atoms with Gasteiger partial charge in [0.05, 0.1) is 7.11 Å². The molecule has 1 saturated carbocycles. The van der Waals surface area contributed by atoms with Gasteiger partial charge in [0, 0.05) is 36.6 Å². The Kier molecular flexibility index (Phi) is 3.37. The molecular formula is C14H21N3O. The van der Waals surface area contributed by atoms with E-state index >= 15 is 0 Å². The number of anilines is 1. The third-order valence-electron chi connectivity index (χ3n) is 3.83. The van der Waals surface area contributed by atoms with Crippen molar-refractivity contribution in [2.45, 2.75) is 37.8 Å². The van der Waals surface area contributed by atoms with Crippen molar-refractivity contribution in [1.82, 2.24) is 10.3 Å². The molecular weight excluding hydrogens is 226 g/mol. The first kappa shape index (κ1) is 11.8. The molecule has 1 aliphatic heterocycles. The number of aromatic nitrogens is 1. The smallest absolute Gasteiger partial charge is 0.214 e. The molecule has 1 aliphatic carbocycles. The van der Waals surface area contributed by atoms with Crippen molar-refractivity contribution in [3.05, 3.63) is 18.3 Å². The number of ether oxygens (including phenoxy) is 1. The zero-order chi connectivity index (χ0) is 12.4. The molecule has 4 heteroatoms. The van der Waals surface area contributed by atoms with E-state index < -0.39 is 0 Å². The summed E-state index contributed by atoms with van der Waals surface area (Å²) in [5.74, 6) is 0.706. The Hall–Kier alpha value is -1.29. The molecule has 2 fully saturated rings. The van der Waals surface area contributed by atoms with E-state index in [0.717, 1.165) is 12.6 Å². The number of hydrogen-bond donors (Lipinski definition) is 1. The highest BCUT2D eigenvalue weighted by Crippen LogP contribution is 2.33. The molecule has 0 amide bonds. The van der Waals surface area contributed by atoms with Crippen LogP contribution in [0.4, 0.5) is 5.69 Å². The fourth-order valence-electron chi connectivity index (χ4n) is 2.69. The number of nitrogens with one attached hydrogen (secondary N) is 1. The highest BCUT2D eigenvalue weighted by molar-refractivity contribution is 5.50. The second-order valence-corrected chi connectivity index (χ2v) is 5.23. The Morgan fingerprint density at radius 3 is 3.00 bits per heavy atom. The fraction of sp³-hybridized carbons (Fsp3) is 0.643. The zero-order valence-corrected chi connectivity index (χ0v) is 10.9. The summed E-state index contributed by atoms with van der Waals surface area (Å²) in [6.07, 6.45) is 7.08. The molecule has 18 heavy (non-hydrogen) atoms. The molecule has 0 spiro atoms.